The monoisotopic (exact) mass is 865 g/mol. The lowest BCUT2D eigenvalue weighted by Gasteiger charge is -2.18. The van der Waals surface area contributed by atoms with E-state index in [0.717, 1.165) is 89.9 Å². The van der Waals surface area contributed by atoms with Crippen molar-refractivity contribution in [2.45, 2.75) is 258 Å². The zero-order valence-corrected chi connectivity index (χ0v) is 41.1. The average Bonchev–Trinajstić information content (AvgIpc) is 3.27. The van der Waals surface area contributed by atoms with Crippen LogP contribution in [0.25, 0.3) is 0 Å². The first-order valence-corrected chi connectivity index (χ1v) is 26.5. The summed E-state index contributed by atoms with van der Waals surface area (Å²) in [6, 6.07) is 0. The number of allylic oxidation sites excluding steroid dienone is 12. The molecule has 0 aromatic carbocycles. The molecule has 62 heavy (non-hydrogen) atoms. The van der Waals surface area contributed by atoms with Gasteiger partial charge in [-0.15, -0.1) is 0 Å². The number of hydrogen-bond acceptors (Lipinski definition) is 5. The van der Waals surface area contributed by atoms with E-state index in [1.807, 2.05) is 0 Å². The van der Waals surface area contributed by atoms with Gasteiger partial charge in [0.25, 0.3) is 0 Å². The third-order valence-electron chi connectivity index (χ3n) is 11.2. The first kappa shape index (κ1) is 59.3. The Morgan fingerprint density at radius 2 is 0.726 bits per heavy atom. The second-order valence-electron chi connectivity index (χ2n) is 17.4. The van der Waals surface area contributed by atoms with Crippen molar-refractivity contribution in [3.63, 3.8) is 0 Å². The van der Waals surface area contributed by atoms with Gasteiger partial charge in [-0.2, -0.15) is 0 Å². The van der Waals surface area contributed by atoms with E-state index in [-0.39, 0.29) is 25.2 Å². The van der Waals surface area contributed by atoms with Gasteiger partial charge in [-0.1, -0.05) is 203 Å². The summed E-state index contributed by atoms with van der Waals surface area (Å²) in [5.41, 5.74) is 0. The van der Waals surface area contributed by atoms with E-state index in [1.54, 1.807) is 0 Å². The van der Waals surface area contributed by atoms with E-state index < -0.39 is 6.10 Å². The molecule has 0 amide bonds. The van der Waals surface area contributed by atoms with Gasteiger partial charge in [0.05, 0.1) is 6.61 Å². The minimum atomic E-state index is -0.555. The summed E-state index contributed by atoms with van der Waals surface area (Å²) in [5, 5.41) is 0. The van der Waals surface area contributed by atoms with E-state index in [4.69, 9.17) is 14.2 Å². The molecule has 0 spiro atoms. The van der Waals surface area contributed by atoms with Gasteiger partial charge in [0.15, 0.2) is 6.10 Å². The van der Waals surface area contributed by atoms with Crippen LogP contribution in [-0.2, 0) is 23.8 Å². The smallest absolute Gasteiger partial charge is 0.306 e. The number of unbranched alkanes of at least 4 members (excludes halogenated alkanes) is 25. The van der Waals surface area contributed by atoms with Crippen molar-refractivity contribution in [1.29, 1.82) is 0 Å². The molecule has 0 aliphatic rings. The third kappa shape index (κ3) is 50.0. The van der Waals surface area contributed by atoms with E-state index in [1.165, 1.54) is 128 Å². The highest BCUT2D eigenvalue weighted by Crippen LogP contribution is 2.14. The van der Waals surface area contributed by atoms with E-state index in [9.17, 15) is 9.59 Å². The maximum absolute atomic E-state index is 12.8. The molecule has 1 atom stereocenters. The molecule has 0 heterocycles. The number of esters is 2. The number of carbonyl (C=O) groups excluding carboxylic acids is 2. The SMILES string of the molecule is CC/C=C\C/C=C\C/C=C\CCCCCC(=O)OCC(COCCCCCCCCCCCC/C=C\C/C=C\CCCCC)OC(=O)CCCCCCC/C=C\CCCCCC. The Bertz CT molecular complexity index is 1110. The van der Waals surface area contributed by atoms with E-state index in [2.05, 4.69) is 93.7 Å². The lowest BCUT2D eigenvalue weighted by Crippen LogP contribution is -2.30. The second-order valence-corrected chi connectivity index (χ2v) is 17.4. The molecule has 0 N–H and O–H groups in total. The van der Waals surface area contributed by atoms with Gasteiger partial charge in [-0.25, -0.2) is 0 Å². The van der Waals surface area contributed by atoms with Gasteiger partial charge >= 0.3 is 11.9 Å². The Kier molecular flexibility index (Phi) is 50.4. The zero-order chi connectivity index (χ0) is 44.9. The van der Waals surface area contributed by atoms with Crippen molar-refractivity contribution >= 4 is 11.9 Å². The average molecular weight is 865 g/mol. The highest BCUT2D eigenvalue weighted by Gasteiger charge is 2.17. The van der Waals surface area contributed by atoms with Gasteiger partial charge in [-0.3, -0.25) is 9.59 Å². The minimum Gasteiger partial charge on any atom is -0.462 e. The summed E-state index contributed by atoms with van der Waals surface area (Å²) in [6.45, 7) is 7.64. The summed E-state index contributed by atoms with van der Waals surface area (Å²) < 4.78 is 17.4. The van der Waals surface area contributed by atoms with Crippen LogP contribution in [0.4, 0.5) is 0 Å². The largest absolute Gasteiger partial charge is 0.462 e. The fourth-order valence-electron chi connectivity index (χ4n) is 7.25. The fraction of sp³-hybridized carbons (Fsp3) is 0.754. The molecular formula is C57H100O5. The number of rotatable bonds is 48. The van der Waals surface area contributed by atoms with Crippen LogP contribution in [0.2, 0.25) is 0 Å². The topological polar surface area (TPSA) is 61.8 Å². The Morgan fingerprint density at radius 1 is 0.371 bits per heavy atom. The molecule has 0 fully saturated rings. The van der Waals surface area contributed by atoms with Crippen LogP contribution < -0.4 is 0 Å². The highest BCUT2D eigenvalue weighted by atomic mass is 16.6. The van der Waals surface area contributed by atoms with Gasteiger partial charge in [-0.05, 0) is 109 Å². The second kappa shape index (κ2) is 52.7. The maximum atomic E-state index is 12.8. The summed E-state index contributed by atoms with van der Waals surface area (Å²) in [6.07, 6.45) is 67.7. The predicted molar refractivity (Wildman–Crippen MR) is 270 cm³/mol. The van der Waals surface area contributed by atoms with Gasteiger partial charge in [0, 0.05) is 19.4 Å². The van der Waals surface area contributed by atoms with E-state index >= 15 is 0 Å². The van der Waals surface area contributed by atoms with Crippen LogP contribution in [0.1, 0.15) is 252 Å². The number of hydrogen-bond donors (Lipinski definition) is 0. The van der Waals surface area contributed by atoms with Crippen molar-refractivity contribution < 1.29 is 23.8 Å². The van der Waals surface area contributed by atoms with E-state index in [0.29, 0.717) is 19.4 Å². The Labute approximate surface area is 385 Å². The molecule has 5 heteroatoms. The molecule has 0 saturated heterocycles. The molecule has 0 bridgehead atoms. The summed E-state index contributed by atoms with van der Waals surface area (Å²) in [7, 11) is 0. The lowest BCUT2D eigenvalue weighted by atomic mass is 10.1. The van der Waals surface area contributed by atoms with Gasteiger partial charge < -0.3 is 14.2 Å². The van der Waals surface area contributed by atoms with Crippen molar-refractivity contribution in [3.8, 4) is 0 Å². The summed E-state index contributed by atoms with van der Waals surface area (Å²) >= 11 is 0. The minimum absolute atomic E-state index is 0.0642. The normalized spacial score (nSPS) is 12.8. The molecule has 0 rings (SSSR count). The van der Waals surface area contributed by atoms with Gasteiger partial charge in [0.2, 0.25) is 0 Å². The van der Waals surface area contributed by atoms with Crippen molar-refractivity contribution in [2.24, 2.45) is 0 Å². The zero-order valence-electron chi connectivity index (χ0n) is 41.1. The highest BCUT2D eigenvalue weighted by molar-refractivity contribution is 5.70. The van der Waals surface area contributed by atoms with Crippen LogP contribution in [0.5, 0.6) is 0 Å². The molecule has 5 nitrogen and oxygen atoms in total. The van der Waals surface area contributed by atoms with Crippen molar-refractivity contribution in [3.05, 3.63) is 72.9 Å². The first-order chi connectivity index (χ1) is 30.6. The molecule has 358 valence electrons. The molecule has 0 aromatic rings. The quantitative estimate of drug-likeness (QED) is 0.0346. The third-order valence-corrected chi connectivity index (χ3v) is 11.2. The van der Waals surface area contributed by atoms with Crippen molar-refractivity contribution in [2.75, 3.05) is 19.8 Å². The van der Waals surface area contributed by atoms with Crippen LogP contribution in [-0.4, -0.2) is 37.9 Å². The van der Waals surface area contributed by atoms with Crippen molar-refractivity contribution in [1.82, 2.24) is 0 Å². The Hall–Kier alpha value is -2.66. The Morgan fingerprint density at radius 3 is 1.23 bits per heavy atom. The molecule has 0 radical (unpaired) electrons. The van der Waals surface area contributed by atoms with Crippen LogP contribution in [0, 0.1) is 0 Å². The molecule has 1 unspecified atom stereocenters. The molecular weight excluding hydrogens is 765 g/mol. The van der Waals surface area contributed by atoms with Crippen LogP contribution in [0.3, 0.4) is 0 Å². The molecule has 0 aliphatic carbocycles. The Balaban J connectivity index is 4.27. The standard InChI is InChI=1S/C57H100O5/c1-4-7-10-13-16-19-22-25-26-27-28-29-30-31-34-37-40-43-46-49-52-60-53-55(62-57(59)51-48-45-42-39-36-33-24-21-18-15-12-9-6-3)54-61-56(58)50-47-44-41-38-35-32-23-20-17-14-11-8-5-2/h8,11,16-17,19-21,24-26,32,35,55H,4-7,9-10,12-15,18,22-23,27-31,33-34,36-54H2,1-3H3/b11-8-,19-16-,20-17-,24-21-,26-25-,35-32-. The first-order valence-electron chi connectivity index (χ1n) is 26.5. The van der Waals surface area contributed by atoms with Crippen LogP contribution >= 0.6 is 0 Å². The fourth-order valence-corrected chi connectivity index (χ4v) is 7.25. The predicted octanol–water partition coefficient (Wildman–Crippen LogP) is 17.9. The number of carbonyl (C=O) groups is 2. The van der Waals surface area contributed by atoms with Crippen LogP contribution in [0.15, 0.2) is 72.9 Å². The summed E-state index contributed by atoms with van der Waals surface area (Å²) in [5.74, 6) is -0.440. The summed E-state index contributed by atoms with van der Waals surface area (Å²) in [4.78, 5) is 25.4. The molecule has 0 aromatic heterocycles. The lowest BCUT2D eigenvalue weighted by molar-refractivity contribution is -0.163. The number of ether oxygens (including phenoxy) is 3. The van der Waals surface area contributed by atoms with Gasteiger partial charge in [0.1, 0.15) is 6.61 Å². The molecule has 0 saturated carbocycles. The molecule has 0 aliphatic heterocycles. The maximum Gasteiger partial charge on any atom is 0.306 e.